The molecule has 25 heavy (non-hydrogen) atoms. The SMILES string of the molecule is O=C1CCCN1Cc1ccc(CNc2c(F)c(F)nc(F)c2F)cc1. The minimum absolute atomic E-state index is 0.0281. The van der Waals surface area contributed by atoms with E-state index in [-0.39, 0.29) is 12.5 Å². The minimum atomic E-state index is -1.70. The third kappa shape index (κ3) is 3.72. The van der Waals surface area contributed by atoms with Crippen LogP contribution in [-0.2, 0) is 17.9 Å². The smallest absolute Gasteiger partial charge is 0.253 e. The Kier molecular flexibility index (Phi) is 4.87. The number of anilines is 1. The highest BCUT2D eigenvalue weighted by atomic mass is 19.2. The normalized spacial score (nSPS) is 14.2. The van der Waals surface area contributed by atoms with Gasteiger partial charge in [-0.3, -0.25) is 4.79 Å². The fourth-order valence-electron chi connectivity index (χ4n) is 2.69. The van der Waals surface area contributed by atoms with Crippen molar-refractivity contribution < 1.29 is 22.4 Å². The summed E-state index contributed by atoms with van der Waals surface area (Å²) in [6, 6.07) is 7.02. The minimum Gasteiger partial charge on any atom is -0.376 e. The van der Waals surface area contributed by atoms with Crippen molar-refractivity contribution in [3.63, 3.8) is 0 Å². The van der Waals surface area contributed by atoms with Gasteiger partial charge in [0.25, 0.3) is 11.9 Å². The van der Waals surface area contributed by atoms with Gasteiger partial charge in [0.05, 0.1) is 0 Å². The summed E-state index contributed by atoms with van der Waals surface area (Å²) in [7, 11) is 0. The van der Waals surface area contributed by atoms with E-state index in [0.29, 0.717) is 18.5 Å². The Balaban J connectivity index is 1.65. The van der Waals surface area contributed by atoms with Gasteiger partial charge in [-0.25, -0.2) is 0 Å². The maximum absolute atomic E-state index is 13.5. The van der Waals surface area contributed by atoms with Crippen LogP contribution in [0.5, 0.6) is 0 Å². The van der Waals surface area contributed by atoms with Gasteiger partial charge in [-0.2, -0.15) is 22.5 Å². The highest BCUT2D eigenvalue weighted by Gasteiger charge is 2.21. The Morgan fingerprint density at radius 3 is 2.16 bits per heavy atom. The fourth-order valence-corrected chi connectivity index (χ4v) is 2.69. The highest BCUT2D eigenvalue weighted by Crippen LogP contribution is 2.23. The number of halogens is 4. The standard InChI is InChI=1S/C17H15F4N3O/c18-13-15(14(19)17(21)23-16(13)20)22-8-10-3-5-11(6-4-10)9-24-7-1-2-12(24)25/h3-6H,1-2,7-9H2,(H,22,23). The number of nitrogens with zero attached hydrogens (tertiary/aromatic N) is 2. The van der Waals surface area contributed by atoms with Gasteiger partial charge >= 0.3 is 0 Å². The molecule has 2 aromatic rings. The molecule has 0 spiro atoms. The van der Waals surface area contributed by atoms with E-state index in [1.165, 1.54) is 0 Å². The number of benzene rings is 1. The summed E-state index contributed by atoms with van der Waals surface area (Å²) in [5.41, 5.74) is 0.696. The molecule has 3 rings (SSSR count). The maximum atomic E-state index is 13.5. The summed E-state index contributed by atoms with van der Waals surface area (Å²) in [4.78, 5) is 15.9. The van der Waals surface area contributed by atoms with Gasteiger partial charge in [0.2, 0.25) is 17.5 Å². The number of rotatable bonds is 5. The lowest BCUT2D eigenvalue weighted by atomic mass is 10.1. The van der Waals surface area contributed by atoms with E-state index >= 15 is 0 Å². The topological polar surface area (TPSA) is 45.2 Å². The van der Waals surface area contributed by atoms with Gasteiger partial charge in [-0.05, 0) is 17.5 Å². The maximum Gasteiger partial charge on any atom is 0.253 e. The van der Waals surface area contributed by atoms with E-state index in [2.05, 4.69) is 10.3 Å². The molecule has 1 N–H and O–H groups in total. The molecular weight excluding hydrogens is 338 g/mol. The van der Waals surface area contributed by atoms with E-state index in [1.807, 2.05) is 0 Å². The number of carbonyl (C=O) groups excluding carboxylic acids is 1. The summed E-state index contributed by atoms with van der Waals surface area (Å²) < 4.78 is 53.2. The van der Waals surface area contributed by atoms with Gasteiger partial charge in [0, 0.05) is 26.1 Å². The average Bonchev–Trinajstić information content (AvgIpc) is 2.99. The average molecular weight is 353 g/mol. The van der Waals surface area contributed by atoms with Gasteiger partial charge in [0.15, 0.2) is 0 Å². The van der Waals surface area contributed by atoms with Crippen molar-refractivity contribution in [3.05, 3.63) is 58.9 Å². The summed E-state index contributed by atoms with van der Waals surface area (Å²) in [6.07, 6.45) is 1.43. The second kappa shape index (κ2) is 7.08. The van der Waals surface area contributed by atoms with Gasteiger partial charge < -0.3 is 10.2 Å². The van der Waals surface area contributed by atoms with E-state index in [4.69, 9.17) is 0 Å². The Hall–Kier alpha value is -2.64. The van der Waals surface area contributed by atoms with E-state index in [1.54, 1.807) is 29.2 Å². The number of nitrogens with one attached hydrogen (secondary N) is 1. The summed E-state index contributed by atoms with van der Waals surface area (Å²) in [5, 5.41) is 2.34. The summed E-state index contributed by atoms with van der Waals surface area (Å²) >= 11 is 0. The molecule has 8 heteroatoms. The second-order valence-corrected chi connectivity index (χ2v) is 5.79. The van der Waals surface area contributed by atoms with Crippen LogP contribution in [0.25, 0.3) is 0 Å². The van der Waals surface area contributed by atoms with Crippen LogP contribution in [0.1, 0.15) is 24.0 Å². The van der Waals surface area contributed by atoms with Crippen LogP contribution in [0.2, 0.25) is 0 Å². The lowest BCUT2D eigenvalue weighted by Crippen LogP contribution is -2.23. The molecule has 1 aromatic heterocycles. The van der Waals surface area contributed by atoms with Gasteiger partial charge in [0.1, 0.15) is 5.69 Å². The van der Waals surface area contributed by atoms with Crippen LogP contribution < -0.4 is 5.32 Å². The molecule has 0 radical (unpaired) electrons. The Morgan fingerprint density at radius 1 is 1.00 bits per heavy atom. The Morgan fingerprint density at radius 2 is 1.60 bits per heavy atom. The number of likely N-dealkylation sites (tertiary alicyclic amines) is 1. The van der Waals surface area contributed by atoms with Crippen molar-refractivity contribution >= 4 is 11.6 Å². The lowest BCUT2D eigenvalue weighted by molar-refractivity contribution is -0.128. The monoisotopic (exact) mass is 353 g/mol. The first-order valence-electron chi connectivity index (χ1n) is 7.75. The van der Waals surface area contributed by atoms with Gasteiger partial charge in [-0.1, -0.05) is 24.3 Å². The zero-order valence-electron chi connectivity index (χ0n) is 13.2. The van der Waals surface area contributed by atoms with Crippen molar-refractivity contribution in [2.75, 3.05) is 11.9 Å². The molecule has 4 nitrogen and oxygen atoms in total. The van der Waals surface area contributed by atoms with Crippen LogP contribution in [0.4, 0.5) is 23.2 Å². The molecule has 1 aliphatic heterocycles. The molecule has 1 aromatic carbocycles. The predicted octanol–water partition coefficient (Wildman–Crippen LogP) is 3.37. The third-order valence-corrected chi connectivity index (χ3v) is 4.03. The Bertz CT molecular complexity index is 769. The number of amides is 1. The molecule has 1 fully saturated rings. The van der Waals surface area contributed by atoms with E-state index < -0.39 is 29.2 Å². The van der Waals surface area contributed by atoms with Crippen molar-refractivity contribution in [2.24, 2.45) is 0 Å². The quantitative estimate of drug-likeness (QED) is 0.662. The first-order chi connectivity index (χ1) is 12.0. The van der Waals surface area contributed by atoms with Crippen LogP contribution in [0.3, 0.4) is 0 Å². The Labute approximate surface area is 141 Å². The highest BCUT2D eigenvalue weighted by molar-refractivity contribution is 5.78. The molecular formula is C17H15F4N3O. The number of hydrogen-bond donors (Lipinski definition) is 1. The van der Waals surface area contributed by atoms with Crippen molar-refractivity contribution in [2.45, 2.75) is 25.9 Å². The van der Waals surface area contributed by atoms with Crippen LogP contribution in [0, 0.1) is 23.5 Å². The first kappa shape index (κ1) is 17.2. The van der Waals surface area contributed by atoms with Crippen LogP contribution in [-0.4, -0.2) is 22.3 Å². The molecule has 0 saturated carbocycles. The molecule has 0 bridgehead atoms. The molecule has 0 unspecified atom stereocenters. The molecule has 1 aliphatic rings. The molecule has 2 heterocycles. The van der Waals surface area contributed by atoms with Crippen LogP contribution in [0.15, 0.2) is 24.3 Å². The third-order valence-electron chi connectivity index (χ3n) is 4.03. The summed E-state index contributed by atoms with van der Waals surface area (Å²) in [5.74, 6) is -6.41. The zero-order valence-corrected chi connectivity index (χ0v) is 13.2. The molecule has 0 atom stereocenters. The van der Waals surface area contributed by atoms with Crippen molar-refractivity contribution in [1.82, 2.24) is 9.88 Å². The first-order valence-corrected chi connectivity index (χ1v) is 7.75. The molecule has 1 amide bonds. The summed E-state index contributed by atoms with van der Waals surface area (Å²) in [6.45, 7) is 1.22. The number of aromatic nitrogens is 1. The van der Waals surface area contributed by atoms with E-state index in [0.717, 1.165) is 18.5 Å². The molecule has 132 valence electrons. The van der Waals surface area contributed by atoms with Crippen LogP contribution >= 0.6 is 0 Å². The number of carbonyl (C=O) groups is 1. The van der Waals surface area contributed by atoms with Gasteiger partial charge in [-0.15, -0.1) is 0 Å². The fraction of sp³-hybridized carbons (Fsp3) is 0.294. The lowest BCUT2D eigenvalue weighted by Gasteiger charge is -2.16. The number of hydrogen-bond acceptors (Lipinski definition) is 3. The number of pyridine rings is 1. The molecule has 1 saturated heterocycles. The largest absolute Gasteiger partial charge is 0.376 e. The zero-order chi connectivity index (χ0) is 18.0. The second-order valence-electron chi connectivity index (χ2n) is 5.79. The van der Waals surface area contributed by atoms with E-state index in [9.17, 15) is 22.4 Å². The molecule has 0 aliphatic carbocycles. The predicted molar refractivity (Wildman–Crippen MR) is 82.5 cm³/mol. The van der Waals surface area contributed by atoms with Crippen molar-refractivity contribution in [3.8, 4) is 0 Å². The van der Waals surface area contributed by atoms with Crippen molar-refractivity contribution in [1.29, 1.82) is 0 Å².